The molecule has 1 saturated carbocycles. The summed E-state index contributed by atoms with van der Waals surface area (Å²) in [7, 11) is 0. The number of nitrogens with one attached hydrogen (secondary N) is 1. The normalized spacial score (nSPS) is 16.6. The first-order chi connectivity index (χ1) is 11.6. The van der Waals surface area contributed by atoms with Crippen LogP contribution >= 0.6 is 11.6 Å². The molecule has 1 aliphatic carbocycles. The molecule has 1 fully saturated rings. The number of hydrogen-bond donors (Lipinski definition) is 2. The SMILES string of the molecule is CCC(C(=O)NCC1(CO)CC1)n1nnc(-c2ccc(Cl)cc2)n1. The molecule has 1 heterocycles. The van der Waals surface area contributed by atoms with Crippen molar-refractivity contribution in [3.63, 3.8) is 0 Å². The van der Waals surface area contributed by atoms with Crippen molar-refractivity contribution in [3.8, 4) is 11.4 Å². The van der Waals surface area contributed by atoms with Gasteiger partial charge in [0.1, 0.15) is 0 Å². The largest absolute Gasteiger partial charge is 0.396 e. The minimum absolute atomic E-state index is 0.104. The molecule has 0 aliphatic heterocycles. The number of halogens is 1. The van der Waals surface area contributed by atoms with E-state index >= 15 is 0 Å². The van der Waals surface area contributed by atoms with Gasteiger partial charge in [-0.1, -0.05) is 18.5 Å². The second-order valence-electron chi connectivity index (χ2n) is 6.24. The fourth-order valence-electron chi connectivity index (χ4n) is 2.49. The first-order valence-electron chi connectivity index (χ1n) is 8.01. The number of rotatable bonds is 7. The molecule has 1 unspecified atom stereocenters. The summed E-state index contributed by atoms with van der Waals surface area (Å²) in [6, 6.07) is 6.61. The Labute approximate surface area is 145 Å². The molecule has 1 aliphatic rings. The number of aliphatic hydroxyl groups is 1. The Morgan fingerprint density at radius 3 is 2.71 bits per heavy atom. The van der Waals surface area contributed by atoms with Gasteiger partial charge in [-0.2, -0.15) is 4.80 Å². The van der Waals surface area contributed by atoms with Crippen LogP contribution in [0.3, 0.4) is 0 Å². The minimum atomic E-state index is -0.520. The Morgan fingerprint density at radius 1 is 1.42 bits per heavy atom. The monoisotopic (exact) mass is 349 g/mol. The van der Waals surface area contributed by atoms with E-state index in [-0.39, 0.29) is 17.9 Å². The van der Waals surface area contributed by atoms with Gasteiger partial charge in [0.05, 0.1) is 6.61 Å². The summed E-state index contributed by atoms with van der Waals surface area (Å²) in [5, 5.41) is 25.2. The van der Waals surface area contributed by atoms with Crippen molar-refractivity contribution in [2.24, 2.45) is 5.41 Å². The Balaban J connectivity index is 1.69. The van der Waals surface area contributed by atoms with Gasteiger partial charge in [0, 0.05) is 22.5 Å². The summed E-state index contributed by atoms with van der Waals surface area (Å²) in [5.41, 5.74) is 0.663. The van der Waals surface area contributed by atoms with Crippen molar-refractivity contribution in [1.82, 2.24) is 25.5 Å². The highest BCUT2D eigenvalue weighted by atomic mass is 35.5. The van der Waals surface area contributed by atoms with Crippen LogP contribution in [0.5, 0.6) is 0 Å². The average Bonchev–Trinajstić information content (AvgIpc) is 3.23. The van der Waals surface area contributed by atoms with Crippen LogP contribution in [-0.4, -0.2) is 44.4 Å². The Bertz CT molecular complexity index is 712. The summed E-state index contributed by atoms with van der Waals surface area (Å²) in [6.07, 6.45) is 2.44. The minimum Gasteiger partial charge on any atom is -0.396 e. The summed E-state index contributed by atoms with van der Waals surface area (Å²) >= 11 is 5.87. The maximum absolute atomic E-state index is 12.4. The molecule has 2 N–H and O–H groups in total. The summed E-state index contributed by atoms with van der Waals surface area (Å²) in [6.45, 7) is 2.48. The number of hydrogen-bond acceptors (Lipinski definition) is 5. The van der Waals surface area contributed by atoms with E-state index in [0.29, 0.717) is 23.8 Å². The van der Waals surface area contributed by atoms with Crippen molar-refractivity contribution in [3.05, 3.63) is 29.3 Å². The lowest BCUT2D eigenvalue weighted by Gasteiger charge is -2.17. The highest BCUT2D eigenvalue weighted by Crippen LogP contribution is 2.44. The molecule has 0 radical (unpaired) electrons. The van der Waals surface area contributed by atoms with Crippen LogP contribution in [-0.2, 0) is 4.79 Å². The van der Waals surface area contributed by atoms with E-state index < -0.39 is 6.04 Å². The van der Waals surface area contributed by atoms with E-state index in [1.807, 2.05) is 19.1 Å². The molecule has 1 amide bonds. The number of amides is 1. The molecule has 1 atom stereocenters. The first-order valence-corrected chi connectivity index (χ1v) is 8.39. The van der Waals surface area contributed by atoms with Crippen LogP contribution in [0, 0.1) is 5.41 Å². The van der Waals surface area contributed by atoms with Crippen LogP contribution in [0.25, 0.3) is 11.4 Å². The van der Waals surface area contributed by atoms with Gasteiger partial charge in [-0.05, 0) is 48.7 Å². The van der Waals surface area contributed by atoms with Crippen molar-refractivity contribution in [1.29, 1.82) is 0 Å². The predicted octanol–water partition coefficient (Wildman–Crippen LogP) is 1.83. The van der Waals surface area contributed by atoms with E-state index in [4.69, 9.17) is 11.6 Å². The Hall–Kier alpha value is -1.99. The van der Waals surface area contributed by atoms with Gasteiger partial charge >= 0.3 is 0 Å². The quantitative estimate of drug-likeness (QED) is 0.795. The number of carbonyl (C=O) groups is 1. The molecule has 0 spiro atoms. The van der Waals surface area contributed by atoms with Crippen molar-refractivity contribution >= 4 is 17.5 Å². The molecule has 128 valence electrons. The fourth-order valence-corrected chi connectivity index (χ4v) is 2.61. The number of carbonyl (C=O) groups excluding carboxylic acids is 1. The van der Waals surface area contributed by atoms with Crippen LogP contribution in [0.2, 0.25) is 5.02 Å². The van der Waals surface area contributed by atoms with Gasteiger partial charge in [-0.3, -0.25) is 4.79 Å². The summed E-state index contributed by atoms with van der Waals surface area (Å²) in [5.74, 6) is 0.296. The maximum atomic E-state index is 12.4. The Morgan fingerprint density at radius 2 is 2.12 bits per heavy atom. The van der Waals surface area contributed by atoms with E-state index in [1.54, 1.807) is 12.1 Å². The fraction of sp³-hybridized carbons (Fsp3) is 0.500. The molecule has 8 heteroatoms. The third-order valence-electron chi connectivity index (χ3n) is 4.43. The topological polar surface area (TPSA) is 92.9 Å². The first kappa shape index (κ1) is 16.9. The third-order valence-corrected chi connectivity index (χ3v) is 4.68. The van der Waals surface area contributed by atoms with Gasteiger partial charge in [0.2, 0.25) is 11.7 Å². The van der Waals surface area contributed by atoms with Gasteiger partial charge < -0.3 is 10.4 Å². The van der Waals surface area contributed by atoms with Crippen molar-refractivity contribution in [2.45, 2.75) is 32.2 Å². The zero-order valence-corrected chi connectivity index (χ0v) is 14.2. The second-order valence-corrected chi connectivity index (χ2v) is 6.68. The van der Waals surface area contributed by atoms with Crippen LogP contribution in [0.1, 0.15) is 32.2 Å². The van der Waals surface area contributed by atoms with Gasteiger partial charge in [-0.15, -0.1) is 10.2 Å². The van der Waals surface area contributed by atoms with Gasteiger partial charge in [-0.25, -0.2) is 0 Å². The summed E-state index contributed by atoms with van der Waals surface area (Å²) < 4.78 is 0. The predicted molar refractivity (Wildman–Crippen MR) is 89.4 cm³/mol. The molecule has 3 rings (SSSR count). The van der Waals surface area contributed by atoms with Gasteiger partial charge in [0.15, 0.2) is 6.04 Å². The Kier molecular flexibility index (Phi) is 4.82. The molecule has 24 heavy (non-hydrogen) atoms. The summed E-state index contributed by atoms with van der Waals surface area (Å²) in [4.78, 5) is 13.8. The van der Waals surface area contributed by atoms with Gasteiger partial charge in [0.25, 0.3) is 0 Å². The highest BCUT2D eigenvalue weighted by Gasteiger charge is 2.42. The molecule has 7 nitrogen and oxygen atoms in total. The smallest absolute Gasteiger partial charge is 0.246 e. The zero-order valence-electron chi connectivity index (χ0n) is 13.4. The van der Waals surface area contributed by atoms with Crippen LogP contribution < -0.4 is 5.32 Å². The lowest BCUT2D eigenvalue weighted by atomic mass is 10.1. The van der Waals surface area contributed by atoms with Crippen molar-refractivity contribution < 1.29 is 9.90 Å². The number of tetrazole rings is 1. The maximum Gasteiger partial charge on any atom is 0.246 e. The number of benzene rings is 1. The average molecular weight is 350 g/mol. The van der Waals surface area contributed by atoms with E-state index in [9.17, 15) is 9.90 Å². The molecule has 0 saturated heterocycles. The van der Waals surface area contributed by atoms with Crippen molar-refractivity contribution in [2.75, 3.05) is 13.2 Å². The lowest BCUT2D eigenvalue weighted by Crippen LogP contribution is -2.37. The highest BCUT2D eigenvalue weighted by molar-refractivity contribution is 6.30. The molecular formula is C16H20ClN5O2. The molecular weight excluding hydrogens is 330 g/mol. The van der Waals surface area contributed by atoms with E-state index in [1.165, 1.54) is 4.80 Å². The molecule has 0 bridgehead atoms. The van der Waals surface area contributed by atoms with E-state index in [2.05, 4.69) is 20.7 Å². The second kappa shape index (κ2) is 6.86. The molecule has 2 aromatic rings. The molecule has 1 aromatic heterocycles. The third kappa shape index (κ3) is 3.57. The molecule has 1 aromatic carbocycles. The number of nitrogens with zero attached hydrogens (tertiary/aromatic N) is 4. The lowest BCUT2D eigenvalue weighted by molar-refractivity contribution is -0.125. The number of aliphatic hydroxyl groups excluding tert-OH is 1. The van der Waals surface area contributed by atoms with E-state index in [0.717, 1.165) is 18.4 Å². The number of aromatic nitrogens is 4. The standard InChI is InChI=1S/C16H20ClN5O2/c1-2-13(15(24)18-9-16(10-23)7-8-16)22-20-14(19-21-22)11-3-5-12(17)6-4-11/h3-6,13,23H,2,7-10H2,1H3,(H,18,24). The van der Waals surface area contributed by atoms with Crippen LogP contribution in [0.4, 0.5) is 0 Å². The zero-order chi connectivity index (χ0) is 17.2. The van der Waals surface area contributed by atoms with Crippen LogP contribution in [0.15, 0.2) is 24.3 Å².